The zero-order valence-corrected chi connectivity index (χ0v) is 19.9. The Morgan fingerprint density at radius 1 is 1.00 bits per heavy atom. The number of hydrogen-bond donors (Lipinski definition) is 1. The van der Waals surface area contributed by atoms with E-state index < -0.39 is 10.0 Å². The average Bonchev–Trinajstić information content (AvgIpc) is 2.86. The summed E-state index contributed by atoms with van der Waals surface area (Å²) in [5, 5.41) is 0. The standard InChI is InChI=1S/C25H28N4O4S/c1-2-33-23-9-7-22(8-10-23)27-34(31,32)24-11-5-21(6-12-24)25(30)29-16-14-28(15-17-29)19-20-4-3-13-26-18-20/h3-13,18,27H,2,14-17,19H2,1H3. The van der Waals surface area contributed by atoms with Crippen molar-refractivity contribution in [1.82, 2.24) is 14.8 Å². The molecular formula is C25H28N4O4S. The quantitative estimate of drug-likeness (QED) is 0.532. The molecule has 1 aliphatic rings. The molecule has 9 heteroatoms. The number of carbonyl (C=O) groups is 1. The van der Waals surface area contributed by atoms with Crippen molar-refractivity contribution in [3.8, 4) is 5.75 Å². The number of anilines is 1. The van der Waals surface area contributed by atoms with Gasteiger partial charge in [0, 0.05) is 56.4 Å². The van der Waals surface area contributed by atoms with E-state index in [1.165, 1.54) is 12.1 Å². The van der Waals surface area contributed by atoms with Crippen LogP contribution in [0.2, 0.25) is 0 Å². The first kappa shape index (κ1) is 23.7. The highest BCUT2D eigenvalue weighted by molar-refractivity contribution is 7.92. The molecule has 1 amide bonds. The Kier molecular flexibility index (Phi) is 7.44. The fraction of sp³-hybridized carbons (Fsp3) is 0.280. The number of carbonyl (C=O) groups excluding carboxylic acids is 1. The summed E-state index contributed by atoms with van der Waals surface area (Å²) in [6.07, 6.45) is 3.62. The van der Waals surface area contributed by atoms with Gasteiger partial charge in [-0.15, -0.1) is 0 Å². The maximum atomic E-state index is 12.9. The predicted molar refractivity (Wildman–Crippen MR) is 130 cm³/mol. The molecule has 2 heterocycles. The molecule has 1 saturated heterocycles. The molecule has 0 bridgehead atoms. The molecule has 0 aliphatic carbocycles. The summed E-state index contributed by atoms with van der Waals surface area (Å²) in [4.78, 5) is 21.3. The van der Waals surface area contributed by atoms with Crippen molar-refractivity contribution in [1.29, 1.82) is 0 Å². The van der Waals surface area contributed by atoms with Gasteiger partial charge in [-0.3, -0.25) is 19.4 Å². The lowest BCUT2D eigenvalue weighted by Gasteiger charge is -2.34. The van der Waals surface area contributed by atoms with Crippen molar-refractivity contribution < 1.29 is 17.9 Å². The molecule has 4 rings (SSSR count). The van der Waals surface area contributed by atoms with Crippen LogP contribution in [0.3, 0.4) is 0 Å². The summed E-state index contributed by atoms with van der Waals surface area (Å²) in [7, 11) is -3.77. The Bertz CT molecular complexity index is 1190. The van der Waals surface area contributed by atoms with Gasteiger partial charge in [0.1, 0.15) is 5.75 Å². The molecule has 0 saturated carbocycles. The van der Waals surface area contributed by atoms with Gasteiger partial charge in [0.15, 0.2) is 0 Å². The minimum absolute atomic E-state index is 0.0931. The van der Waals surface area contributed by atoms with Gasteiger partial charge in [-0.2, -0.15) is 0 Å². The van der Waals surface area contributed by atoms with Gasteiger partial charge >= 0.3 is 0 Å². The van der Waals surface area contributed by atoms with Crippen molar-refractivity contribution >= 4 is 21.6 Å². The monoisotopic (exact) mass is 480 g/mol. The van der Waals surface area contributed by atoms with E-state index in [1.807, 2.05) is 25.3 Å². The fourth-order valence-electron chi connectivity index (χ4n) is 3.82. The van der Waals surface area contributed by atoms with Gasteiger partial charge < -0.3 is 9.64 Å². The number of benzene rings is 2. The highest BCUT2D eigenvalue weighted by Crippen LogP contribution is 2.20. The van der Waals surface area contributed by atoms with Gasteiger partial charge in [-0.05, 0) is 67.1 Å². The molecule has 1 fully saturated rings. The van der Waals surface area contributed by atoms with Crippen molar-refractivity contribution in [3.05, 3.63) is 84.2 Å². The number of sulfonamides is 1. The zero-order valence-electron chi connectivity index (χ0n) is 19.1. The van der Waals surface area contributed by atoms with Gasteiger partial charge in [0.2, 0.25) is 0 Å². The predicted octanol–water partition coefficient (Wildman–Crippen LogP) is 3.24. The highest BCUT2D eigenvalue weighted by Gasteiger charge is 2.23. The number of hydrogen-bond acceptors (Lipinski definition) is 6. The molecule has 3 aromatic rings. The fourth-order valence-corrected chi connectivity index (χ4v) is 4.88. The van der Waals surface area contributed by atoms with Crippen molar-refractivity contribution in [2.45, 2.75) is 18.4 Å². The van der Waals surface area contributed by atoms with Crippen LogP contribution in [-0.4, -0.2) is 61.9 Å². The SMILES string of the molecule is CCOc1ccc(NS(=O)(=O)c2ccc(C(=O)N3CCN(Cc4cccnc4)CC3)cc2)cc1. The molecule has 8 nitrogen and oxygen atoms in total. The Labute approximate surface area is 200 Å². The van der Waals surface area contributed by atoms with Gasteiger partial charge in [0.25, 0.3) is 15.9 Å². The molecule has 1 N–H and O–H groups in total. The third kappa shape index (κ3) is 5.92. The molecule has 2 aromatic carbocycles. The zero-order chi connectivity index (χ0) is 24.0. The Morgan fingerprint density at radius 3 is 2.32 bits per heavy atom. The smallest absolute Gasteiger partial charge is 0.261 e. The molecular weight excluding hydrogens is 452 g/mol. The Morgan fingerprint density at radius 2 is 1.71 bits per heavy atom. The van der Waals surface area contributed by atoms with E-state index in [9.17, 15) is 13.2 Å². The van der Waals surface area contributed by atoms with Crippen LogP contribution in [-0.2, 0) is 16.6 Å². The van der Waals surface area contributed by atoms with Crippen LogP contribution >= 0.6 is 0 Å². The number of aromatic nitrogens is 1. The number of piperazine rings is 1. The molecule has 0 radical (unpaired) electrons. The number of nitrogens with one attached hydrogen (secondary N) is 1. The second-order valence-corrected chi connectivity index (χ2v) is 9.70. The van der Waals surface area contributed by atoms with Gasteiger partial charge in [-0.1, -0.05) is 6.07 Å². The maximum absolute atomic E-state index is 12.9. The number of pyridine rings is 1. The van der Waals surface area contributed by atoms with Crippen LogP contribution in [0.4, 0.5) is 5.69 Å². The third-order valence-electron chi connectivity index (χ3n) is 5.62. The third-order valence-corrected chi connectivity index (χ3v) is 7.01. The van der Waals surface area contributed by atoms with E-state index in [2.05, 4.69) is 14.6 Å². The van der Waals surface area contributed by atoms with Crippen LogP contribution in [0.15, 0.2) is 78.0 Å². The molecule has 1 aliphatic heterocycles. The van der Waals surface area contributed by atoms with E-state index in [0.29, 0.717) is 36.7 Å². The largest absolute Gasteiger partial charge is 0.494 e. The molecule has 34 heavy (non-hydrogen) atoms. The summed E-state index contributed by atoms with van der Waals surface area (Å²) in [6.45, 7) is 6.03. The molecule has 0 atom stereocenters. The Balaban J connectivity index is 1.34. The topological polar surface area (TPSA) is 91.8 Å². The Hall–Kier alpha value is -3.43. The van der Waals surface area contributed by atoms with E-state index >= 15 is 0 Å². The maximum Gasteiger partial charge on any atom is 0.261 e. The first-order valence-corrected chi connectivity index (χ1v) is 12.7. The summed E-state index contributed by atoms with van der Waals surface area (Å²) < 4.78 is 33.4. The summed E-state index contributed by atoms with van der Waals surface area (Å²) in [6, 6.07) is 16.7. The normalized spacial score (nSPS) is 14.6. The summed E-state index contributed by atoms with van der Waals surface area (Å²) in [5.41, 5.74) is 2.06. The lowest BCUT2D eigenvalue weighted by Crippen LogP contribution is -2.48. The first-order valence-electron chi connectivity index (χ1n) is 11.2. The lowest BCUT2D eigenvalue weighted by molar-refractivity contribution is 0.0628. The van der Waals surface area contributed by atoms with Crippen molar-refractivity contribution in [2.24, 2.45) is 0 Å². The van der Waals surface area contributed by atoms with E-state index in [0.717, 1.165) is 25.2 Å². The van der Waals surface area contributed by atoms with Gasteiger partial charge in [-0.25, -0.2) is 8.42 Å². The molecule has 0 spiro atoms. The first-order chi connectivity index (χ1) is 16.4. The molecule has 0 unspecified atom stereocenters. The van der Waals surface area contributed by atoms with Crippen LogP contribution in [0.1, 0.15) is 22.8 Å². The number of rotatable bonds is 8. The van der Waals surface area contributed by atoms with E-state index in [4.69, 9.17) is 4.74 Å². The number of nitrogens with zero attached hydrogens (tertiary/aromatic N) is 3. The van der Waals surface area contributed by atoms with E-state index in [1.54, 1.807) is 47.5 Å². The summed E-state index contributed by atoms with van der Waals surface area (Å²) in [5.74, 6) is 0.579. The minimum atomic E-state index is -3.77. The molecule has 178 valence electrons. The van der Waals surface area contributed by atoms with E-state index in [-0.39, 0.29) is 10.8 Å². The van der Waals surface area contributed by atoms with Crippen LogP contribution in [0.5, 0.6) is 5.75 Å². The van der Waals surface area contributed by atoms with Gasteiger partial charge in [0.05, 0.1) is 11.5 Å². The second-order valence-electron chi connectivity index (χ2n) is 8.02. The average molecular weight is 481 g/mol. The highest BCUT2D eigenvalue weighted by atomic mass is 32.2. The van der Waals surface area contributed by atoms with Crippen LogP contribution in [0, 0.1) is 0 Å². The minimum Gasteiger partial charge on any atom is -0.494 e. The van der Waals surface area contributed by atoms with Crippen LogP contribution < -0.4 is 9.46 Å². The summed E-state index contributed by atoms with van der Waals surface area (Å²) >= 11 is 0. The van der Waals surface area contributed by atoms with Crippen LogP contribution in [0.25, 0.3) is 0 Å². The van der Waals surface area contributed by atoms with Crippen molar-refractivity contribution in [3.63, 3.8) is 0 Å². The number of amides is 1. The molecule has 1 aromatic heterocycles. The number of ether oxygens (including phenoxy) is 1. The van der Waals surface area contributed by atoms with Crippen molar-refractivity contribution in [2.75, 3.05) is 37.5 Å². The lowest BCUT2D eigenvalue weighted by atomic mass is 10.1. The second kappa shape index (κ2) is 10.7.